The number of hydrogen-bond donors (Lipinski definition) is 0. The molecule has 2 heterocycles. The predicted molar refractivity (Wildman–Crippen MR) is 109 cm³/mol. The normalized spacial score (nSPS) is 12.2. The highest BCUT2D eigenvalue weighted by atomic mass is 32.1. The molecule has 0 amide bonds. The van der Waals surface area contributed by atoms with Gasteiger partial charge in [0, 0.05) is 0 Å². The summed E-state index contributed by atoms with van der Waals surface area (Å²) in [6.07, 6.45) is 1.87. The number of imidazole rings is 1. The van der Waals surface area contributed by atoms with Crippen molar-refractivity contribution in [1.29, 1.82) is 0 Å². The Labute approximate surface area is 160 Å². The number of hydrogen-bond acceptors (Lipinski definition) is 5. The first kappa shape index (κ1) is 17.5. The summed E-state index contributed by atoms with van der Waals surface area (Å²) < 4.78 is 13.3. The molecule has 0 atom stereocenters. The van der Waals surface area contributed by atoms with Crippen LogP contribution in [0, 0.1) is 13.8 Å². The molecule has 0 aliphatic heterocycles. The van der Waals surface area contributed by atoms with Gasteiger partial charge in [-0.05, 0) is 67.8 Å². The van der Waals surface area contributed by atoms with Gasteiger partial charge in [-0.2, -0.15) is 0 Å². The second-order valence-corrected chi connectivity index (χ2v) is 7.42. The van der Waals surface area contributed by atoms with Gasteiger partial charge in [0.05, 0.1) is 29.3 Å². The molecule has 0 saturated heterocycles. The fraction of sp³-hybridized carbons (Fsp3) is 0.238. The summed E-state index contributed by atoms with van der Waals surface area (Å²) in [5.74, 6) is 1.34. The molecule has 138 valence electrons. The molecule has 0 aliphatic rings. The van der Waals surface area contributed by atoms with Gasteiger partial charge in [-0.25, -0.2) is 9.38 Å². The molecule has 0 aliphatic carbocycles. The van der Waals surface area contributed by atoms with Crippen LogP contribution in [0.2, 0.25) is 0 Å². The molecular weight excluding hydrogens is 360 g/mol. The van der Waals surface area contributed by atoms with Crippen LogP contribution in [0.4, 0.5) is 0 Å². The zero-order valence-corrected chi connectivity index (χ0v) is 16.5. The molecule has 0 bridgehead atoms. The lowest BCUT2D eigenvalue weighted by Crippen LogP contribution is -2.22. The molecule has 0 radical (unpaired) electrons. The maximum Gasteiger partial charge on any atom is 0.274 e. The minimum Gasteiger partial charge on any atom is -0.493 e. The summed E-state index contributed by atoms with van der Waals surface area (Å²) in [7, 11) is 1.61. The number of aromatic nitrogens is 2. The lowest BCUT2D eigenvalue weighted by Gasteiger charge is -2.09. The van der Waals surface area contributed by atoms with Crippen LogP contribution in [0.1, 0.15) is 23.6 Å². The van der Waals surface area contributed by atoms with E-state index in [0.717, 1.165) is 22.2 Å². The molecule has 4 rings (SSSR count). The third kappa shape index (κ3) is 2.96. The van der Waals surface area contributed by atoms with E-state index in [1.807, 2.05) is 50.3 Å². The average molecular weight is 380 g/mol. The summed E-state index contributed by atoms with van der Waals surface area (Å²) in [4.78, 5) is 18.3. The topological polar surface area (TPSA) is 52.8 Å². The molecule has 0 fully saturated rings. The number of methoxy groups -OCH3 is 1. The Morgan fingerprint density at radius 1 is 1.15 bits per heavy atom. The Bertz CT molecular complexity index is 1270. The zero-order valence-electron chi connectivity index (χ0n) is 15.7. The van der Waals surface area contributed by atoms with Crippen molar-refractivity contribution >= 4 is 33.4 Å². The van der Waals surface area contributed by atoms with Crippen molar-refractivity contribution in [2.75, 3.05) is 13.7 Å². The highest BCUT2D eigenvalue weighted by Gasteiger charge is 2.12. The Morgan fingerprint density at radius 3 is 2.67 bits per heavy atom. The Hall–Kier alpha value is -2.86. The molecule has 27 heavy (non-hydrogen) atoms. The predicted octanol–water partition coefficient (Wildman–Crippen LogP) is 3.48. The Morgan fingerprint density at radius 2 is 1.93 bits per heavy atom. The highest BCUT2D eigenvalue weighted by Crippen LogP contribution is 2.28. The number of rotatable bonds is 4. The minimum absolute atomic E-state index is 0.0476. The first-order valence-corrected chi connectivity index (χ1v) is 9.58. The van der Waals surface area contributed by atoms with E-state index in [-0.39, 0.29) is 5.56 Å². The van der Waals surface area contributed by atoms with Gasteiger partial charge in [-0.3, -0.25) is 4.79 Å². The average Bonchev–Trinajstić information content (AvgIpc) is 3.13. The number of benzene rings is 2. The Balaban J connectivity index is 1.88. The van der Waals surface area contributed by atoms with Gasteiger partial charge in [0.2, 0.25) is 0 Å². The summed E-state index contributed by atoms with van der Waals surface area (Å²) >= 11 is 1.40. The van der Waals surface area contributed by atoms with Gasteiger partial charge < -0.3 is 9.47 Å². The van der Waals surface area contributed by atoms with Crippen LogP contribution in [0.3, 0.4) is 0 Å². The van der Waals surface area contributed by atoms with Crippen molar-refractivity contribution in [2.45, 2.75) is 20.8 Å². The lowest BCUT2D eigenvalue weighted by atomic mass is 10.1. The number of ether oxygens (including phenoxy) is 2. The fourth-order valence-corrected chi connectivity index (χ4v) is 4.11. The number of thiazole rings is 1. The number of nitrogens with zero attached hydrogens (tertiary/aromatic N) is 2. The summed E-state index contributed by atoms with van der Waals surface area (Å²) in [6, 6.07) is 9.71. The van der Waals surface area contributed by atoms with E-state index in [1.54, 1.807) is 11.5 Å². The monoisotopic (exact) mass is 380 g/mol. The van der Waals surface area contributed by atoms with Gasteiger partial charge in [0.15, 0.2) is 16.5 Å². The van der Waals surface area contributed by atoms with Crippen molar-refractivity contribution in [1.82, 2.24) is 9.38 Å². The van der Waals surface area contributed by atoms with Crippen molar-refractivity contribution in [3.8, 4) is 11.5 Å². The zero-order chi connectivity index (χ0) is 19.1. The summed E-state index contributed by atoms with van der Waals surface area (Å²) in [6.45, 7) is 6.60. The maximum absolute atomic E-state index is 13.0. The van der Waals surface area contributed by atoms with Crippen molar-refractivity contribution in [3.63, 3.8) is 0 Å². The van der Waals surface area contributed by atoms with Crippen molar-refractivity contribution in [3.05, 3.63) is 61.9 Å². The summed E-state index contributed by atoms with van der Waals surface area (Å²) in [5.41, 5.74) is 4.88. The molecule has 2 aromatic carbocycles. The van der Waals surface area contributed by atoms with E-state index in [1.165, 1.54) is 16.9 Å². The van der Waals surface area contributed by atoms with Gasteiger partial charge in [0.1, 0.15) is 0 Å². The van der Waals surface area contributed by atoms with Crippen LogP contribution in [-0.2, 0) is 0 Å². The van der Waals surface area contributed by atoms with E-state index >= 15 is 0 Å². The second kappa shape index (κ2) is 6.70. The maximum atomic E-state index is 13.0. The SMILES string of the molecule is CCOc1ccc(/C=c2/sc3nc4cc(C)c(C)cc4n3c2=O)cc1OC. The van der Waals surface area contributed by atoms with E-state index < -0.39 is 0 Å². The van der Waals surface area contributed by atoms with Crippen LogP contribution in [-0.4, -0.2) is 23.1 Å². The second-order valence-electron chi connectivity index (χ2n) is 6.41. The third-order valence-corrected chi connectivity index (χ3v) is 5.61. The molecule has 2 aromatic heterocycles. The van der Waals surface area contributed by atoms with Gasteiger partial charge in [-0.15, -0.1) is 0 Å². The fourth-order valence-electron chi connectivity index (χ4n) is 3.12. The lowest BCUT2D eigenvalue weighted by molar-refractivity contribution is 0.311. The smallest absolute Gasteiger partial charge is 0.274 e. The molecule has 0 spiro atoms. The standard InChI is InChI=1S/C21H20N2O3S/c1-5-26-17-7-6-14(10-18(17)25-4)11-19-20(24)23-16-9-13(3)12(2)8-15(16)22-21(23)27-19/h6-11H,5H2,1-4H3/b19-11+. The van der Waals surface area contributed by atoms with E-state index in [0.29, 0.717) is 27.6 Å². The van der Waals surface area contributed by atoms with Gasteiger partial charge in [0.25, 0.3) is 5.56 Å². The van der Waals surface area contributed by atoms with Crippen LogP contribution >= 0.6 is 11.3 Å². The van der Waals surface area contributed by atoms with Gasteiger partial charge >= 0.3 is 0 Å². The third-order valence-electron chi connectivity index (χ3n) is 4.64. The molecule has 6 heteroatoms. The van der Waals surface area contributed by atoms with E-state index in [4.69, 9.17) is 9.47 Å². The number of aryl methyl sites for hydroxylation is 2. The quantitative estimate of drug-likeness (QED) is 0.544. The summed E-state index contributed by atoms with van der Waals surface area (Å²) in [5, 5.41) is 0. The molecule has 4 aromatic rings. The molecular formula is C21H20N2O3S. The van der Waals surface area contributed by atoms with E-state index in [9.17, 15) is 4.79 Å². The molecule has 0 N–H and O–H groups in total. The molecule has 0 saturated carbocycles. The van der Waals surface area contributed by atoms with Crippen LogP contribution in [0.15, 0.2) is 35.1 Å². The van der Waals surface area contributed by atoms with Crippen molar-refractivity contribution < 1.29 is 9.47 Å². The largest absolute Gasteiger partial charge is 0.493 e. The van der Waals surface area contributed by atoms with Crippen molar-refractivity contribution in [2.24, 2.45) is 0 Å². The van der Waals surface area contributed by atoms with E-state index in [2.05, 4.69) is 11.9 Å². The first-order valence-electron chi connectivity index (χ1n) is 8.76. The molecule has 5 nitrogen and oxygen atoms in total. The van der Waals surface area contributed by atoms with Crippen LogP contribution < -0.4 is 19.6 Å². The van der Waals surface area contributed by atoms with Crippen LogP contribution in [0.25, 0.3) is 22.1 Å². The van der Waals surface area contributed by atoms with Crippen LogP contribution in [0.5, 0.6) is 11.5 Å². The highest BCUT2D eigenvalue weighted by molar-refractivity contribution is 7.15. The number of fused-ring (bicyclic) bond motifs is 3. The molecule has 0 unspecified atom stereocenters. The first-order chi connectivity index (χ1) is 13.0. The Kier molecular flexibility index (Phi) is 4.36. The van der Waals surface area contributed by atoms with Gasteiger partial charge in [-0.1, -0.05) is 17.4 Å². The minimum atomic E-state index is -0.0476.